The van der Waals surface area contributed by atoms with E-state index in [1.54, 1.807) is 36.4 Å². The van der Waals surface area contributed by atoms with Gasteiger partial charge >= 0.3 is 5.97 Å². The Bertz CT molecular complexity index is 1830. The molecule has 0 aliphatic carbocycles. The molecular formula is C33H31Cl2FN4O3. The van der Waals surface area contributed by atoms with E-state index < -0.39 is 23.2 Å². The average Bonchev–Trinajstić information content (AvgIpc) is 3.56. The van der Waals surface area contributed by atoms with Crippen molar-refractivity contribution in [2.75, 3.05) is 19.0 Å². The highest BCUT2D eigenvalue weighted by Crippen LogP contribution is 2.64. The van der Waals surface area contributed by atoms with Gasteiger partial charge in [0.05, 0.1) is 28.7 Å². The molecule has 0 unspecified atom stereocenters. The molecule has 4 aromatic rings. The molecule has 4 atom stereocenters. The maximum absolute atomic E-state index is 16.3. The Morgan fingerprint density at radius 3 is 2.70 bits per heavy atom. The first-order valence-electron chi connectivity index (χ1n) is 14.4. The van der Waals surface area contributed by atoms with E-state index in [2.05, 4.69) is 35.6 Å². The molecule has 1 N–H and O–H groups in total. The number of fused-ring (bicyclic) bond motifs is 7. The molecule has 1 aromatic heterocycles. The van der Waals surface area contributed by atoms with Crippen LogP contribution in [0.5, 0.6) is 0 Å². The van der Waals surface area contributed by atoms with Gasteiger partial charge in [-0.2, -0.15) is 0 Å². The van der Waals surface area contributed by atoms with Crippen LogP contribution in [0.15, 0.2) is 54.6 Å². The summed E-state index contributed by atoms with van der Waals surface area (Å²) >= 11 is 12.8. The predicted octanol–water partition coefficient (Wildman–Crippen LogP) is 7.12. The molecule has 43 heavy (non-hydrogen) atoms. The van der Waals surface area contributed by atoms with Crippen molar-refractivity contribution in [3.05, 3.63) is 93.0 Å². The van der Waals surface area contributed by atoms with Gasteiger partial charge in [0.1, 0.15) is 17.2 Å². The lowest BCUT2D eigenvalue weighted by molar-refractivity contribution is -0.128. The van der Waals surface area contributed by atoms with Crippen molar-refractivity contribution in [2.45, 2.75) is 57.2 Å². The maximum atomic E-state index is 16.3. The van der Waals surface area contributed by atoms with Crippen molar-refractivity contribution in [1.82, 2.24) is 14.5 Å². The number of aryl methyl sites for hydroxylation is 1. The quantitative estimate of drug-likeness (QED) is 0.247. The molecule has 3 aromatic carbocycles. The second-order valence-corrected chi connectivity index (χ2v) is 13.8. The number of rotatable bonds is 3. The van der Waals surface area contributed by atoms with Gasteiger partial charge in [-0.1, -0.05) is 62.2 Å². The highest BCUT2D eigenvalue weighted by atomic mass is 35.5. The van der Waals surface area contributed by atoms with Gasteiger partial charge in [-0.25, -0.2) is 14.2 Å². The normalized spacial score (nSPS) is 24.6. The van der Waals surface area contributed by atoms with Crippen LogP contribution in [-0.2, 0) is 21.6 Å². The summed E-state index contributed by atoms with van der Waals surface area (Å²) in [5, 5.41) is 3.61. The lowest BCUT2D eigenvalue weighted by Gasteiger charge is -2.43. The zero-order chi connectivity index (χ0) is 30.4. The van der Waals surface area contributed by atoms with Gasteiger partial charge in [0.25, 0.3) is 0 Å². The monoisotopic (exact) mass is 620 g/mol. The molecule has 1 fully saturated rings. The summed E-state index contributed by atoms with van der Waals surface area (Å²) in [6, 6.07) is 15.6. The van der Waals surface area contributed by atoms with Crippen molar-refractivity contribution in [1.29, 1.82) is 0 Å². The van der Waals surface area contributed by atoms with Crippen LogP contribution in [0.1, 0.15) is 66.3 Å². The number of halogens is 3. The molecule has 0 saturated carbocycles. The number of likely N-dealkylation sites (tertiary alicyclic amines) is 1. The van der Waals surface area contributed by atoms with Crippen LogP contribution in [0.4, 0.5) is 10.1 Å². The van der Waals surface area contributed by atoms with E-state index in [-0.39, 0.29) is 28.3 Å². The highest BCUT2D eigenvalue weighted by molar-refractivity contribution is 6.31. The van der Waals surface area contributed by atoms with Crippen molar-refractivity contribution in [3.63, 3.8) is 0 Å². The van der Waals surface area contributed by atoms with Gasteiger partial charge in [0, 0.05) is 47.2 Å². The standard InChI is InChI=1S/C33H31Cl2FN4O3/c1-32(2,3)16-40-25-12-13-39-24-11-8-17(30(41)43-4)14-23(24)37-29(39)26(25)27(19-6-5-7-21(35)28(19)36)33(40)20-10-9-18(34)15-22(20)38-31(33)42/h5-11,14-15,25-27H,12-13,16H2,1-4H3,(H,38,42)/t25-,26+,27-,33+/m0/s1. The Hall–Kier alpha value is -3.46. The van der Waals surface area contributed by atoms with Gasteiger partial charge in [0.15, 0.2) is 0 Å². The zero-order valence-electron chi connectivity index (χ0n) is 24.2. The summed E-state index contributed by atoms with van der Waals surface area (Å²) in [6.45, 7) is 7.66. The molecular weight excluding hydrogens is 590 g/mol. The fraction of sp³-hybridized carbons (Fsp3) is 0.364. The number of benzene rings is 3. The Morgan fingerprint density at radius 2 is 1.95 bits per heavy atom. The van der Waals surface area contributed by atoms with Crippen LogP contribution in [0, 0.1) is 11.2 Å². The molecule has 7 rings (SSSR count). The predicted molar refractivity (Wildman–Crippen MR) is 164 cm³/mol. The van der Waals surface area contributed by atoms with Crippen LogP contribution in [0.25, 0.3) is 11.0 Å². The number of nitrogens with one attached hydrogen (secondary N) is 1. The van der Waals surface area contributed by atoms with E-state index in [1.807, 2.05) is 12.1 Å². The summed E-state index contributed by atoms with van der Waals surface area (Å²) in [7, 11) is 1.35. The second kappa shape index (κ2) is 9.78. The number of hydrogen-bond acceptors (Lipinski definition) is 5. The highest BCUT2D eigenvalue weighted by Gasteiger charge is 2.68. The molecule has 1 spiro atoms. The van der Waals surface area contributed by atoms with E-state index in [9.17, 15) is 9.59 Å². The fourth-order valence-electron chi connectivity index (χ4n) is 7.73. The summed E-state index contributed by atoms with van der Waals surface area (Å²) < 4.78 is 23.4. The number of esters is 1. The third-order valence-corrected chi connectivity index (χ3v) is 9.70. The number of hydrogen-bond donors (Lipinski definition) is 1. The van der Waals surface area contributed by atoms with E-state index >= 15 is 4.39 Å². The second-order valence-electron chi connectivity index (χ2n) is 12.9. The Labute approximate surface area is 258 Å². The van der Waals surface area contributed by atoms with Crippen molar-refractivity contribution < 1.29 is 18.7 Å². The van der Waals surface area contributed by atoms with Crippen molar-refractivity contribution in [2.24, 2.45) is 5.41 Å². The minimum absolute atomic E-state index is 0.000221. The molecule has 1 saturated heterocycles. The first kappa shape index (κ1) is 28.3. The largest absolute Gasteiger partial charge is 0.465 e. The molecule has 3 aliphatic heterocycles. The summed E-state index contributed by atoms with van der Waals surface area (Å²) in [4.78, 5) is 34.3. The van der Waals surface area contributed by atoms with Gasteiger partial charge in [0.2, 0.25) is 5.91 Å². The third-order valence-electron chi connectivity index (χ3n) is 9.17. The number of imidazole rings is 1. The minimum atomic E-state index is -1.25. The third kappa shape index (κ3) is 4.06. The van der Waals surface area contributed by atoms with Crippen LogP contribution in [0.2, 0.25) is 10.0 Å². The molecule has 0 bridgehead atoms. The number of carbonyl (C=O) groups is 2. The number of ether oxygens (including phenoxy) is 1. The first-order chi connectivity index (χ1) is 20.5. The Kier molecular flexibility index (Phi) is 6.44. The number of carbonyl (C=O) groups excluding carboxylic acids is 2. The van der Waals surface area contributed by atoms with E-state index in [0.29, 0.717) is 46.9 Å². The smallest absolute Gasteiger partial charge is 0.337 e. The molecule has 0 radical (unpaired) electrons. The van der Waals surface area contributed by atoms with Gasteiger partial charge in [-0.3, -0.25) is 9.69 Å². The van der Waals surface area contributed by atoms with Crippen LogP contribution < -0.4 is 5.32 Å². The van der Waals surface area contributed by atoms with Crippen LogP contribution in [-0.4, -0.2) is 46.0 Å². The number of amides is 1. The molecule has 3 aliphatic rings. The Morgan fingerprint density at radius 1 is 1.16 bits per heavy atom. The Balaban J connectivity index is 1.54. The SMILES string of the molecule is COC(=O)c1ccc2c(c1)nc1n2CC[C@H]2[C@@H]1[C@H](c1cccc(Cl)c1F)[C@]1(C(=O)Nc3cc(Cl)ccc31)N2CC(C)(C)C. The molecule has 7 nitrogen and oxygen atoms in total. The molecule has 4 heterocycles. The van der Waals surface area contributed by atoms with Gasteiger partial charge < -0.3 is 14.6 Å². The van der Waals surface area contributed by atoms with Gasteiger partial charge in [-0.05, 0) is 53.8 Å². The van der Waals surface area contributed by atoms with Gasteiger partial charge in [-0.15, -0.1) is 0 Å². The van der Waals surface area contributed by atoms with Crippen molar-refractivity contribution in [3.8, 4) is 0 Å². The topological polar surface area (TPSA) is 76.5 Å². The van der Waals surface area contributed by atoms with Crippen molar-refractivity contribution >= 4 is 51.8 Å². The summed E-state index contributed by atoms with van der Waals surface area (Å²) in [6.07, 6.45) is 0.717. The average molecular weight is 622 g/mol. The van der Waals surface area contributed by atoms with E-state index in [0.717, 1.165) is 16.9 Å². The number of nitrogens with zero attached hydrogens (tertiary/aromatic N) is 3. The molecule has 222 valence electrons. The molecule has 1 amide bonds. The number of methoxy groups -OCH3 is 1. The number of anilines is 1. The lowest BCUT2D eigenvalue weighted by atomic mass is 9.70. The van der Waals surface area contributed by atoms with Crippen LogP contribution >= 0.6 is 23.2 Å². The number of aromatic nitrogens is 2. The maximum Gasteiger partial charge on any atom is 0.337 e. The fourth-order valence-corrected chi connectivity index (χ4v) is 8.09. The first-order valence-corrected chi connectivity index (χ1v) is 15.1. The summed E-state index contributed by atoms with van der Waals surface area (Å²) in [5.74, 6) is -1.49. The zero-order valence-corrected chi connectivity index (χ0v) is 25.8. The van der Waals surface area contributed by atoms with E-state index in [4.69, 9.17) is 32.9 Å². The summed E-state index contributed by atoms with van der Waals surface area (Å²) in [5.41, 5.74) is 2.23. The van der Waals surface area contributed by atoms with E-state index in [1.165, 1.54) is 13.2 Å². The molecule has 10 heteroatoms. The lowest BCUT2D eigenvalue weighted by Crippen LogP contribution is -2.54. The van der Waals surface area contributed by atoms with Crippen LogP contribution in [0.3, 0.4) is 0 Å². The minimum Gasteiger partial charge on any atom is -0.465 e.